The third kappa shape index (κ3) is 3.91. The van der Waals surface area contributed by atoms with E-state index in [1.165, 1.54) is 12.4 Å². The average Bonchev–Trinajstić information content (AvgIpc) is 2.84. The number of nitrogens with one attached hydrogen (secondary N) is 1. The number of anilines is 1. The highest BCUT2D eigenvalue weighted by Crippen LogP contribution is 1.99. The van der Waals surface area contributed by atoms with Crippen molar-refractivity contribution >= 4 is 11.8 Å². The molecule has 8 nitrogen and oxygen atoms in total. The standard InChI is InChI=1S/C13H17N5O3/c1-10-14-4-7-17(10)6-2-3-15-12-13(21)18(8-5-16-12)9-11(19)20/h4-5,7-8H,2-3,6,9H2,1H3,(H,15,16)(H,19,20). The van der Waals surface area contributed by atoms with Gasteiger partial charge in [0.1, 0.15) is 12.4 Å². The Balaban J connectivity index is 1.90. The quantitative estimate of drug-likeness (QED) is 0.713. The molecule has 2 N–H and O–H groups in total. The molecule has 2 heterocycles. The molecule has 0 unspecified atom stereocenters. The fourth-order valence-corrected chi connectivity index (χ4v) is 1.94. The number of nitrogens with zero attached hydrogens (tertiary/aromatic N) is 4. The number of hydrogen-bond acceptors (Lipinski definition) is 5. The molecule has 0 aromatic carbocycles. The second kappa shape index (κ2) is 6.69. The van der Waals surface area contributed by atoms with Crippen LogP contribution in [0.3, 0.4) is 0 Å². The van der Waals surface area contributed by atoms with Crippen molar-refractivity contribution in [3.05, 3.63) is 41.0 Å². The number of hydrogen-bond donors (Lipinski definition) is 2. The summed E-state index contributed by atoms with van der Waals surface area (Å²) in [7, 11) is 0. The summed E-state index contributed by atoms with van der Waals surface area (Å²) in [5.74, 6) is 0.0441. The van der Waals surface area contributed by atoms with Gasteiger partial charge in [0.15, 0.2) is 5.82 Å². The molecular weight excluding hydrogens is 274 g/mol. The van der Waals surface area contributed by atoms with Gasteiger partial charge < -0.3 is 15.0 Å². The molecule has 0 fully saturated rings. The molecule has 0 atom stereocenters. The summed E-state index contributed by atoms with van der Waals surface area (Å²) in [5, 5.41) is 11.7. The van der Waals surface area contributed by atoms with Crippen LogP contribution in [0.25, 0.3) is 0 Å². The zero-order chi connectivity index (χ0) is 15.2. The lowest BCUT2D eigenvalue weighted by molar-refractivity contribution is -0.137. The topological polar surface area (TPSA) is 102 Å². The number of carboxylic acid groups (broad SMARTS) is 1. The van der Waals surface area contributed by atoms with E-state index < -0.39 is 11.5 Å². The summed E-state index contributed by atoms with van der Waals surface area (Å²) >= 11 is 0. The minimum atomic E-state index is -1.06. The minimum Gasteiger partial charge on any atom is -0.480 e. The largest absolute Gasteiger partial charge is 0.480 e. The molecule has 0 amide bonds. The van der Waals surface area contributed by atoms with Crippen LogP contribution in [0.5, 0.6) is 0 Å². The Morgan fingerprint density at radius 3 is 2.67 bits per heavy atom. The van der Waals surface area contributed by atoms with Crippen LogP contribution < -0.4 is 10.9 Å². The Morgan fingerprint density at radius 1 is 1.29 bits per heavy atom. The van der Waals surface area contributed by atoms with Crippen molar-refractivity contribution in [2.45, 2.75) is 26.4 Å². The van der Waals surface area contributed by atoms with Crippen molar-refractivity contribution in [3.63, 3.8) is 0 Å². The highest BCUT2D eigenvalue weighted by molar-refractivity contribution is 5.66. The number of imidazole rings is 1. The van der Waals surface area contributed by atoms with Gasteiger partial charge in [0.05, 0.1) is 0 Å². The number of carbonyl (C=O) groups is 1. The molecule has 0 bridgehead atoms. The van der Waals surface area contributed by atoms with E-state index in [0.717, 1.165) is 23.4 Å². The molecule has 0 saturated heterocycles. The van der Waals surface area contributed by atoms with Crippen molar-refractivity contribution in [1.82, 2.24) is 19.1 Å². The van der Waals surface area contributed by atoms with Crippen molar-refractivity contribution in [2.75, 3.05) is 11.9 Å². The van der Waals surface area contributed by atoms with Crippen LogP contribution in [0.15, 0.2) is 29.6 Å². The molecular formula is C13H17N5O3. The molecule has 0 saturated carbocycles. The summed E-state index contributed by atoms with van der Waals surface area (Å²) < 4.78 is 3.13. The van der Waals surface area contributed by atoms with Crippen LogP contribution in [0, 0.1) is 6.92 Å². The zero-order valence-corrected chi connectivity index (χ0v) is 11.7. The lowest BCUT2D eigenvalue weighted by Gasteiger charge is -2.08. The van der Waals surface area contributed by atoms with E-state index in [1.807, 2.05) is 17.7 Å². The van der Waals surface area contributed by atoms with Gasteiger partial charge in [0, 0.05) is 37.9 Å². The number of rotatable bonds is 7. The molecule has 21 heavy (non-hydrogen) atoms. The van der Waals surface area contributed by atoms with E-state index >= 15 is 0 Å². The van der Waals surface area contributed by atoms with E-state index in [-0.39, 0.29) is 12.4 Å². The normalized spacial score (nSPS) is 10.5. The highest BCUT2D eigenvalue weighted by atomic mass is 16.4. The molecule has 2 aromatic rings. The maximum Gasteiger partial charge on any atom is 0.323 e. The number of aliphatic carboxylic acids is 1. The van der Waals surface area contributed by atoms with Gasteiger partial charge in [-0.25, -0.2) is 9.97 Å². The molecule has 0 aliphatic carbocycles. The third-order valence-electron chi connectivity index (χ3n) is 3.01. The van der Waals surface area contributed by atoms with Gasteiger partial charge in [-0.05, 0) is 13.3 Å². The first-order chi connectivity index (χ1) is 10.1. The van der Waals surface area contributed by atoms with E-state index in [0.29, 0.717) is 6.54 Å². The number of aromatic nitrogens is 4. The smallest absolute Gasteiger partial charge is 0.323 e. The van der Waals surface area contributed by atoms with Gasteiger partial charge in [-0.3, -0.25) is 14.2 Å². The van der Waals surface area contributed by atoms with Crippen molar-refractivity contribution in [1.29, 1.82) is 0 Å². The Hall–Kier alpha value is -2.64. The number of carboxylic acids is 1. The molecule has 112 valence electrons. The lowest BCUT2D eigenvalue weighted by atomic mass is 10.4. The van der Waals surface area contributed by atoms with Crippen molar-refractivity contribution in [3.8, 4) is 0 Å². The average molecular weight is 291 g/mol. The molecule has 8 heteroatoms. The van der Waals surface area contributed by atoms with Gasteiger partial charge in [0.25, 0.3) is 5.56 Å². The molecule has 2 aromatic heterocycles. The summed E-state index contributed by atoms with van der Waals surface area (Å²) in [4.78, 5) is 30.7. The SMILES string of the molecule is Cc1nccn1CCCNc1nccn(CC(=O)O)c1=O. The van der Waals surface area contributed by atoms with Gasteiger partial charge in [-0.1, -0.05) is 0 Å². The van der Waals surface area contributed by atoms with Crippen molar-refractivity contribution < 1.29 is 9.90 Å². The second-order valence-corrected chi connectivity index (χ2v) is 4.55. The van der Waals surface area contributed by atoms with Crippen LogP contribution >= 0.6 is 0 Å². The summed E-state index contributed by atoms with van der Waals surface area (Å²) in [5.41, 5.74) is -0.432. The van der Waals surface area contributed by atoms with Crippen LogP contribution in [0.2, 0.25) is 0 Å². The Bertz CT molecular complexity index is 676. The molecule has 0 aliphatic rings. The maximum atomic E-state index is 11.9. The molecule has 2 rings (SSSR count). The van der Waals surface area contributed by atoms with Crippen LogP contribution in [-0.2, 0) is 17.9 Å². The monoisotopic (exact) mass is 291 g/mol. The maximum absolute atomic E-state index is 11.9. The van der Waals surface area contributed by atoms with E-state index in [9.17, 15) is 9.59 Å². The first kappa shape index (κ1) is 14.8. The predicted molar refractivity (Wildman–Crippen MR) is 76.2 cm³/mol. The molecule has 0 spiro atoms. The second-order valence-electron chi connectivity index (χ2n) is 4.55. The summed E-state index contributed by atoms with van der Waals surface area (Å²) in [6, 6.07) is 0. The fraction of sp³-hybridized carbons (Fsp3) is 0.385. The van der Waals surface area contributed by atoms with Crippen molar-refractivity contribution in [2.24, 2.45) is 0 Å². The van der Waals surface area contributed by atoms with Gasteiger partial charge in [-0.15, -0.1) is 0 Å². The Kier molecular flexibility index (Phi) is 4.70. The van der Waals surface area contributed by atoms with E-state index in [1.54, 1.807) is 6.20 Å². The minimum absolute atomic E-state index is 0.168. The molecule has 0 aliphatic heterocycles. The Labute approximate surface area is 121 Å². The van der Waals surface area contributed by atoms with Gasteiger partial charge in [0.2, 0.25) is 0 Å². The fourth-order valence-electron chi connectivity index (χ4n) is 1.94. The summed E-state index contributed by atoms with van der Waals surface area (Å²) in [6.07, 6.45) is 7.21. The first-order valence-electron chi connectivity index (χ1n) is 6.57. The van der Waals surface area contributed by atoms with Crippen LogP contribution in [0.1, 0.15) is 12.2 Å². The predicted octanol–water partition coefficient (Wildman–Crippen LogP) is 0.335. The first-order valence-corrected chi connectivity index (χ1v) is 6.57. The van der Waals surface area contributed by atoms with Crippen LogP contribution in [-0.4, -0.2) is 36.7 Å². The van der Waals surface area contributed by atoms with Crippen LogP contribution in [0.4, 0.5) is 5.82 Å². The van der Waals surface area contributed by atoms with E-state index in [4.69, 9.17) is 5.11 Å². The van der Waals surface area contributed by atoms with Gasteiger partial charge in [-0.2, -0.15) is 0 Å². The molecule has 0 radical (unpaired) electrons. The summed E-state index contributed by atoms with van der Waals surface area (Å²) in [6.45, 7) is 2.91. The third-order valence-corrected chi connectivity index (χ3v) is 3.01. The van der Waals surface area contributed by atoms with Gasteiger partial charge >= 0.3 is 5.97 Å². The lowest BCUT2D eigenvalue weighted by Crippen LogP contribution is -2.27. The zero-order valence-electron chi connectivity index (χ0n) is 11.7. The van der Waals surface area contributed by atoms with E-state index in [2.05, 4.69) is 15.3 Å². The Morgan fingerprint density at radius 2 is 2.00 bits per heavy atom. The number of aryl methyl sites for hydroxylation is 2. The highest BCUT2D eigenvalue weighted by Gasteiger charge is 2.07.